The van der Waals surface area contributed by atoms with E-state index in [9.17, 15) is 0 Å². The van der Waals surface area contributed by atoms with E-state index in [1.54, 1.807) is 0 Å². The van der Waals surface area contributed by atoms with Crippen LogP contribution in [-0.4, -0.2) is 0 Å². The lowest BCUT2D eigenvalue weighted by Crippen LogP contribution is -1.81. The normalized spacial score (nSPS) is 13.0. The van der Waals surface area contributed by atoms with Crippen LogP contribution < -0.4 is 0 Å². The quantitative estimate of drug-likeness (QED) is 0.482. The molecule has 128 valence electrons. The second kappa shape index (κ2) is 16.9. The lowest BCUT2D eigenvalue weighted by atomic mass is 10.0. The van der Waals surface area contributed by atoms with Gasteiger partial charge in [0.2, 0.25) is 0 Å². The minimum Gasteiger partial charge on any atom is -0.197 e. The van der Waals surface area contributed by atoms with E-state index < -0.39 is 0 Å². The highest BCUT2D eigenvalue weighted by Crippen LogP contribution is 2.13. The van der Waals surface area contributed by atoms with E-state index in [2.05, 4.69) is 78.0 Å². The molecule has 0 fully saturated rings. The second-order valence-electron chi connectivity index (χ2n) is 5.17. The number of allylic oxidation sites excluding steroid dienone is 12. The van der Waals surface area contributed by atoms with Crippen LogP contribution in [0.15, 0.2) is 70.4 Å². The molecule has 0 saturated carbocycles. The van der Waals surface area contributed by atoms with Gasteiger partial charge >= 0.3 is 0 Å². The Balaban J connectivity index is -0.000000540. The number of rotatable bonds is 5. The van der Waals surface area contributed by atoms with Crippen molar-refractivity contribution in [2.75, 3.05) is 0 Å². The van der Waals surface area contributed by atoms with Crippen molar-refractivity contribution in [1.29, 1.82) is 0 Å². The maximum absolute atomic E-state index is 2.19. The minimum absolute atomic E-state index is 0. The second-order valence-corrected chi connectivity index (χ2v) is 5.17. The summed E-state index contributed by atoms with van der Waals surface area (Å²) in [4.78, 5) is 0. The van der Waals surface area contributed by atoms with E-state index in [4.69, 9.17) is 0 Å². The molecule has 0 atom stereocenters. The van der Waals surface area contributed by atoms with Crippen molar-refractivity contribution in [3.8, 4) is 0 Å². The van der Waals surface area contributed by atoms with Gasteiger partial charge in [0.25, 0.3) is 0 Å². The topological polar surface area (TPSA) is 0 Å². The van der Waals surface area contributed by atoms with Gasteiger partial charge in [0.1, 0.15) is 0 Å². The molecule has 0 amide bonds. The van der Waals surface area contributed by atoms with Crippen LogP contribution in [0.3, 0.4) is 0 Å². The van der Waals surface area contributed by atoms with Crippen molar-refractivity contribution < 1.29 is 0 Å². The van der Waals surface area contributed by atoms with Gasteiger partial charge < -0.3 is 0 Å². The largest absolute Gasteiger partial charge is 0.197 e. The van der Waals surface area contributed by atoms with E-state index in [1.807, 2.05) is 13.0 Å². The van der Waals surface area contributed by atoms with Crippen LogP contribution in [0, 0.1) is 0 Å². The van der Waals surface area contributed by atoms with E-state index in [1.165, 1.54) is 27.9 Å². The Morgan fingerprint density at radius 3 is 1.14 bits per heavy atom. The summed E-state index contributed by atoms with van der Waals surface area (Å²) in [5.41, 5.74) is 6.53. The fourth-order valence-corrected chi connectivity index (χ4v) is 1.31. The summed E-state index contributed by atoms with van der Waals surface area (Å²) in [7, 11) is 0. The van der Waals surface area contributed by atoms with Crippen LogP contribution in [0.5, 0.6) is 0 Å². The van der Waals surface area contributed by atoms with E-state index in [-0.39, 0.29) is 40.5 Å². The minimum atomic E-state index is 0. The molecule has 3 heteroatoms. The third-order valence-corrected chi connectivity index (χ3v) is 3.03. The van der Waals surface area contributed by atoms with Gasteiger partial charge in [-0.1, -0.05) is 48.1 Å². The molecule has 0 aromatic heterocycles. The molecule has 0 radical (unpaired) electrons. The summed E-state index contributed by atoms with van der Waals surface area (Å²) in [6, 6.07) is 0. The maximum atomic E-state index is 2.19. The first-order chi connectivity index (χ1) is 8.88. The molecule has 0 N–H and O–H groups in total. The molecular weight excluding hydrogens is 324 g/mol. The van der Waals surface area contributed by atoms with Crippen molar-refractivity contribution in [2.45, 2.75) is 48.5 Å². The molecule has 0 spiro atoms. The zero-order valence-electron chi connectivity index (χ0n) is 15.0. The molecule has 0 nitrogen and oxygen atoms in total. The van der Waals surface area contributed by atoms with E-state index >= 15 is 0 Å². The third-order valence-electron chi connectivity index (χ3n) is 3.03. The Morgan fingerprint density at radius 1 is 0.500 bits per heavy atom. The molecule has 0 saturated heterocycles. The maximum Gasteiger partial charge on any atom is -0.0395 e. The van der Waals surface area contributed by atoms with Crippen LogP contribution in [-0.2, 0) is 0 Å². The molecule has 0 unspecified atom stereocenters. The molecule has 0 aliphatic carbocycles. The standard InChI is InChI=1S/C19H28.3H2S/c1-8-9-10-16(4)18(6)13-14-19(7)17(5)12-11-15(2)3;;;/h8-14H,1-7H3;3*1H2/b9-8-,16-10+,17-12+,18-13+,19-14+;;;. The van der Waals surface area contributed by atoms with Crippen LogP contribution in [0.1, 0.15) is 48.5 Å². The average molecular weight is 359 g/mol. The van der Waals surface area contributed by atoms with Gasteiger partial charge in [-0.05, 0) is 70.8 Å². The zero-order valence-corrected chi connectivity index (χ0v) is 18.0. The van der Waals surface area contributed by atoms with Crippen molar-refractivity contribution in [3.05, 3.63) is 70.4 Å². The van der Waals surface area contributed by atoms with Crippen molar-refractivity contribution in [2.24, 2.45) is 0 Å². The monoisotopic (exact) mass is 358 g/mol. The summed E-state index contributed by atoms with van der Waals surface area (Å²) in [5.74, 6) is 0. The third kappa shape index (κ3) is 14.4. The SMILES string of the molecule is C\C=C/C=C(C)/C(C)=C/C=C(C)/C(C)=C/C=C(C)C.S.S.S. The molecule has 0 aliphatic heterocycles. The first kappa shape index (κ1) is 29.5. The van der Waals surface area contributed by atoms with Crippen LogP contribution in [0.4, 0.5) is 0 Å². The van der Waals surface area contributed by atoms with Gasteiger partial charge in [0.05, 0.1) is 0 Å². The fraction of sp³-hybridized carbons (Fsp3) is 0.368. The van der Waals surface area contributed by atoms with Crippen LogP contribution >= 0.6 is 40.5 Å². The van der Waals surface area contributed by atoms with Crippen molar-refractivity contribution in [3.63, 3.8) is 0 Å². The molecule has 0 aromatic rings. The molecule has 22 heavy (non-hydrogen) atoms. The molecular formula is C19H34S3. The number of hydrogen-bond donors (Lipinski definition) is 0. The zero-order chi connectivity index (χ0) is 14.8. The van der Waals surface area contributed by atoms with Crippen molar-refractivity contribution in [1.82, 2.24) is 0 Å². The van der Waals surface area contributed by atoms with Gasteiger partial charge in [0.15, 0.2) is 0 Å². The summed E-state index contributed by atoms with van der Waals surface area (Å²) in [5, 5.41) is 0. The highest BCUT2D eigenvalue weighted by atomic mass is 32.1. The highest BCUT2D eigenvalue weighted by molar-refractivity contribution is 7.59. The predicted molar refractivity (Wildman–Crippen MR) is 120 cm³/mol. The van der Waals surface area contributed by atoms with Gasteiger partial charge in [0, 0.05) is 0 Å². The Hall–Kier alpha value is -0.510. The van der Waals surface area contributed by atoms with Crippen molar-refractivity contribution >= 4 is 40.5 Å². The van der Waals surface area contributed by atoms with Gasteiger partial charge in [-0.15, -0.1) is 0 Å². The molecule has 0 aliphatic rings. The summed E-state index contributed by atoms with van der Waals surface area (Å²) >= 11 is 0. The predicted octanol–water partition coefficient (Wildman–Crippen LogP) is 6.65. The van der Waals surface area contributed by atoms with E-state index in [0.717, 1.165) is 0 Å². The summed E-state index contributed by atoms with van der Waals surface area (Å²) < 4.78 is 0. The van der Waals surface area contributed by atoms with E-state index in [0.29, 0.717) is 0 Å². The first-order valence-electron chi connectivity index (χ1n) is 6.85. The smallest absolute Gasteiger partial charge is 0.0395 e. The Morgan fingerprint density at radius 2 is 0.818 bits per heavy atom. The fourth-order valence-electron chi connectivity index (χ4n) is 1.31. The van der Waals surface area contributed by atoms with Gasteiger partial charge in [-0.3, -0.25) is 0 Å². The number of hydrogen-bond acceptors (Lipinski definition) is 0. The highest BCUT2D eigenvalue weighted by Gasteiger charge is 1.92. The lowest BCUT2D eigenvalue weighted by Gasteiger charge is -2.01. The molecule has 0 heterocycles. The van der Waals surface area contributed by atoms with Gasteiger partial charge in [-0.2, -0.15) is 40.5 Å². The summed E-state index contributed by atoms with van der Waals surface area (Å²) in [6.07, 6.45) is 15.0. The van der Waals surface area contributed by atoms with Crippen LogP contribution in [0.2, 0.25) is 0 Å². The van der Waals surface area contributed by atoms with Crippen LogP contribution in [0.25, 0.3) is 0 Å². The Kier molecular flexibility index (Phi) is 22.6. The molecule has 0 bridgehead atoms. The lowest BCUT2D eigenvalue weighted by molar-refractivity contribution is 1.31. The first-order valence-corrected chi connectivity index (χ1v) is 6.85. The Bertz CT molecular complexity index is 469. The molecule has 0 aromatic carbocycles. The Labute approximate surface area is 159 Å². The molecule has 0 rings (SSSR count). The summed E-state index contributed by atoms with van der Waals surface area (Å²) in [6.45, 7) is 14.8. The van der Waals surface area contributed by atoms with Gasteiger partial charge in [-0.25, -0.2) is 0 Å². The average Bonchev–Trinajstić information content (AvgIpc) is 2.38.